The molecule has 0 saturated carbocycles. The van der Waals surface area contributed by atoms with E-state index in [2.05, 4.69) is 64.1 Å². The monoisotopic (exact) mass is 1880 g/mol. The molecule has 0 aromatic heterocycles. The summed E-state index contributed by atoms with van der Waals surface area (Å²) in [5.41, 5.74) is 11.0. The van der Waals surface area contributed by atoms with E-state index in [-0.39, 0.29) is 98.8 Å². The first kappa shape index (κ1) is 108. The van der Waals surface area contributed by atoms with Gasteiger partial charge in [-0.05, 0) is 131 Å². The Hall–Kier alpha value is -12.8. The van der Waals surface area contributed by atoms with Gasteiger partial charge in [0.2, 0.25) is 34.1 Å². The summed E-state index contributed by atoms with van der Waals surface area (Å²) in [4.78, 5) is 124. The topological polar surface area (TPSA) is 449 Å². The highest BCUT2D eigenvalue weighted by Crippen LogP contribution is 2.38. The summed E-state index contributed by atoms with van der Waals surface area (Å²) in [5, 5.41) is 59.0. The van der Waals surface area contributed by atoms with Crippen molar-refractivity contribution >= 4 is 207 Å². The molecule has 4 aliphatic heterocycles. The molecule has 658 valence electrons. The largest absolute Gasteiger partial charge is 0.480 e. The van der Waals surface area contributed by atoms with Crippen LogP contribution in [0, 0.1) is 56.6 Å². The van der Waals surface area contributed by atoms with E-state index in [4.69, 9.17) is 204 Å². The minimum absolute atomic E-state index is 0.0117. The van der Waals surface area contributed by atoms with Crippen LogP contribution < -0.4 is 36.0 Å². The van der Waals surface area contributed by atoms with Gasteiger partial charge in [0, 0.05) is 77.4 Å². The molecule has 4 fully saturated rings. The number of carboxylic acid groups (broad SMARTS) is 1. The molecule has 4 heterocycles. The zero-order valence-electron chi connectivity index (χ0n) is 66.7. The fourth-order valence-corrected chi connectivity index (χ4v) is 12.8. The third-order valence-corrected chi connectivity index (χ3v) is 19.0. The molecule has 4 aliphatic rings. The number of nitriles is 1. The van der Waals surface area contributed by atoms with Gasteiger partial charge in [0.05, 0.1) is 101 Å². The lowest BCUT2D eigenvalue weighted by molar-refractivity contribution is -0.193. The smallest absolute Gasteiger partial charge is 0.416 e. The molecular formula is C80H76Cl7FN14O22Si. The number of halogens is 8. The number of aliphatic hydroxyl groups excluding tert-OH is 4. The molecule has 36 nitrogen and oxygen atoms in total. The Labute approximate surface area is 751 Å². The van der Waals surface area contributed by atoms with Gasteiger partial charge in [0.25, 0.3) is 6.47 Å². The number of benzene rings is 7. The molecule has 7 aromatic carbocycles. The van der Waals surface area contributed by atoms with Gasteiger partial charge in [-0.25, -0.2) is 57.5 Å². The normalized spacial score (nSPS) is 15.5. The Kier molecular flexibility index (Phi) is 48.6. The van der Waals surface area contributed by atoms with E-state index in [0.717, 1.165) is 11.8 Å². The van der Waals surface area contributed by atoms with Gasteiger partial charge in [-0.1, -0.05) is 118 Å². The van der Waals surface area contributed by atoms with Crippen molar-refractivity contribution in [1.82, 2.24) is 0 Å². The Morgan fingerprint density at radius 2 is 0.936 bits per heavy atom. The van der Waals surface area contributed by atoms with Gasteiger partial charge in [-0.2, -0.15) is 24.4 Å². The summed E-state index contributed by atoms with van der Waals surface area (Å²) in [6.07, 6.45) is -2.72. The van der Waals surface area contributed by atoms with Crippen LogP contribution in [0.3, 0.4) is 0 Å². The third-order valence-electron chi connectivity index (χ3n) is 15.8. The van der Waals surface area contributed by atoms with E-state index in [1.165, 1.54) is 58.2 Å². The van der Waals surface area contributed by atoms with Crippen LogP contribution in [0.15, 0.2) is 127 Å². The molecule has 8 atom stereocenters. The maximum Gasteiger partial charge on any atom is 0.416 e. The van der Waals surface area contributed by atoms with E-state index >= 15 is 0 Å². The number of ether oxygens (including phenoxy) is 6. The van der Waals surface area contributed by atoms with Crippen molar-refractivity contribution in [2.75, 3.05) is 90.2 Å². The van der Waals surface area contributed by atoms with E-state index in [0.29, 0.717) is 99.8 Å². The van der Waals surface area contributed by atoms with Crippen molar-refractivity contribution in [3.8, 4) is 6.07 Å². The molecule has 0 spiro atoms. The number of aliphatic carboxylic acids is 1. The number of carboxylic acids is 1. The molecule has 125 heavy (non-hydrogen) atoms. The minimum Gasteiger partial charge on any atom is -0.480 e. The fraction of sp³-hybridized carbons (Fsp3) is 0.287. The zero-order chi connectivity index (χ0) is 94.4. The molecule has 0 aliphatic carbocycles. The second-order valence-electron chi connectivity index (χ2n) is 25.5. The average molecular weight is 1880 g/mol. The number of methoxy groups -OCH3 is 1. The number of carbonyl (C=O) groups excluding carboxylic acids is 9. The second-order valence-corrected chi connectivity index (χ2v) is 32.8. The molecule has 11 rings (SSSR count). The van der Waals surface area contributed by atoms with Crippen LogP contribution in [-0.2, 0) is 61.6 Å². The standard InChI is InChI=1S/C15H19ClN2O3Si.2C11H9ClN2O3.C11H9ClN2O2.C10H9ClN2O3.C10H11ClN2O.C7H3ClFN.C3H7NO3.2CO2/c1-10(21-22(3,4)5)14-9-20-15(19)18(14)11-6-7-13(17-2)12(16)8-11;1-13-9-4-3-7(5-8(9)12)14-10(16-2)6-17-11(14)15;1-13-10-3-2-7(4-9(10)12)14-8(5-15)6-17-11(14)16;1-7-6-16-11(15)14(7)8-3-4-10(13-2)9(12)5-8;1-12-9-3-2-7(4-8(9)11)13-10(5-14)16-6-15;1-7(6-14)13-8-3-4-10(12-2)9(11)5-8;8-7-3-6(9)2-1-5(7)4-10;4-2(1-5)3(6)7;2*2-1-3/h6-8,10,14H,9H2,1,3-5H3;3-5,10H,6H2,2H3;2-4,8,15H,5-6H2;3-5,7H,6H2,1H3;2-4,6,10,13-14H,5H2;3-5,7,13-14H,6H2,1H3;1-3H;2,5H,1,4H2,(H,6,7);;/t;;8-;7-;10-;7-;;2-;;/m..0000.1../s1. The summed E-state index contributed by atoms with van der Waals surface area (Å²) < 4.78 is 47.9. The van der Waals surface area contributed by atoms with Crippen molar-refractivity contribution in [1.29, 1.82) is 5.26 Å². The summed E-state index contributed by atoms with van der Waals surface area (Å²) in [5.74, 6) is -1.61. The van der Waals surface area contributed by atoms with Crippen molar-refractivity contribution in [3.05, 3.63) is 242 Å². The minimum atomic E-state index is -1.73. The first-order chi connectivity index (χ1) is 59.3. The Balaban J connectivity index is 0.000000486. The number of nitrogens with zero attached hydrogens (tertiary/aromatic N) is 11. The first-order valence-electron chi connectivity index (χ1n) is 35.3. The molecule has 4 saturated heterocycles. The lowest BCUT2D eigenvalue weighted by Crippen LogP contribution is -2.46. The molecular weight excluding hydrogens is 1800 g/mol. The highest BCUT2D eigenvalue weighted by Gasteiger charge is 2.41. The number of hydrogen-bond acceptors (Lipinski definition) is 25. The molecule has 0 bridgehead atoms. The highest BCUT2D eigenvalue weighted by atomic mass is 35.5. The van der Waals surface area contributed by atoms with Crippen LogP contribution in [-0.4, -0.2) is 192 Å². The quantitative estimate of drug-likeness (QED) is 0.0123. The summed E-state index contributed by atoms with van der Waals surface area (Å²) in [6.45, 7) is 53.5. The summed E-state index contributed by atoms with van der Waals surface area (Å²) in [6, 6.07) is 32.7. The van der Waals surface area contributed by atoms with E-state index in [1.54, 1.807) is 89.8 Å². The third kappa shape index (κ3) is 35.2. The SMILES string of the molecule is N#Cc1ccc(F)cc1Cl.N[C@H](CO)C(=O)O.O=C=O.O=C=O.[C-]#[N+]c1ccc(N2C(=O)OCC2C(C)O[Si](C)(C)C)cc1Cl.[C-]#[N+]c1ccc(N2C(=O)OCC2OC)cc1Cl.[C-]#[N+]c1ccc(N2C(=O)OC[C@@H]2C)cc1Cl.[C-]#[N+]c1ccc(N2C(=O)OC[C@@H]2CO)cc1Cl.[C-]#[N+]c1ccc(N[C@@H](C)CO)cc1Cl.[C-]#[N+]c1ccc(N[C@H](CO)OC=O)cc1Cl. The Morgan fingerprint density at radius 1 is 0.560 bits per heavy atom. The van der Waals surface area contributed by atoms with Crippen LogP contribution in [0.1, 0.15) is 26.3 Å². The van der Waals surface area contributed by atoms with Gasteiger partial charge in [-0.15, -0.1) is 0 Å². The number of carbonyl (C=O) groups is 6. The fourth-order valence-electron chi connectivity index (χ4n) is 10.0. The predicted octanol–water partition coefficient (Wildman–Crippen LogP) is 16.8. The molecule has 3 unspecified atom stereocenters. The van der Waals surface area contributed by atoms with Crippen LogP contribution >= 0.6 is 81.2 Å². The van der Waals surface area contributed by atoms with Gasteiger partial charge < -0.3 is 74.7 Å². The number of rotatable bonds is 19. The number of nitrogens with two attached hydrogens (primary N) is 1. The van der Waals surface area contributed by atoms with Crippen LogP contribution in [0.25, 0.3) is 29.1 Å². The van der Waals surface area contributed by atoms with E-state index < -0.39 is 69.5 Å². The van der Waals surface area contributed by atoms with Crippen molar-refractivity contribution in [3.63, 3.8) is 0 Å². The maximum absolute atomic E-state index is 12.3. The molecule has 0 radical (unpaired) electrons. The first-order valence-corrected chi connectivity index (χ1v) is 41.3. The van der Waals surface area contributed by atoms with Crippen molar-refractivity contribution in [2.24, 2.45) is 5.73 Å². The molecule has 4 amide bonds. The molecule has 45 heteroatoms. The van der Waals surface area contributed by atoms with Crippen molar-refractivity contribution in [2.45, 2.75) is 89.2 Å². The van der Waals surface area contributed by atoms with Crippen LogP contribution in [0.2, 0.25) is 54.8 Å². The number of hydrogen-bond donors (Lipinski definition) is 8. The number of anilines is 6. The zero-order valence-corrected chi connectivity index (χ0v) is 73.0. The summed E-state index contributed by atoms with van der Waals surface area (Å²) >= 11 is 40.9. The van der Waals surface area contributed by atoms with Gasteiger partial charge in [0.15, 0.2) is 20.8 Å². The lowest BCUT2D eigenvalue weighted by atomic mass is 10.1. The lowest BCUT2D eigenvalue weighted by Gasteiger charge is -2.31. The van der Waals surface area contributed by atoms with Gasteiger partial charge >= 0.3 is 42.6 Å². The van der Waals surface area contributed by atoms with Gasteiger partial charge in [0.1, 0.15) is 44.4 Å². The Bertz CT molecular complexity index is 5160. The molecule has 7 aromatic rings. The van der Waals surface area contributed by atoms with E-state index in [1.807, 2.05) is 26.8 Å². The average Bonchev–Trinajstić information content (AvgIpc) is 1.63. The number of nitrogens with one attached hydrogen (secondary N) is 2. The highest BCUT2D eigenvalue weighted by molar-refractivity contribution is 6.69. The van der Waals surface area contributed by atoms with Crippen molar-refractivity contribution < 1.29 is 111 Å². The predicted molar refractivity (Wildman–Crippen MR) is 461 cm³/mol. The van der Waals surface area contributed by atoms with Crippen LogP contribution in [0.4, 0.5) is 91.8 Å². The second kappa shape index (κ2) is 56.1. The number of aliphatic hydroxyl groups is 4. The number of amides is 4. The van der Waals surface area contributed by atoms with Crippen LogP contribution in [0.5, 0.6) is 0 Å². The van der Waals surface area contributed by atoms with E-state index in [9.17, 15) is 33.2 Å². The van der Waals surface area contributed by atoms with Gasteiger partial charge in [-0.3, -0.25) is 24.3 Å². The number of cyclic esters (lactones) is 4. The summed E-state index contributed by atoms with van der Waals surface area (Å²) in [7, 11) is -0.231. The maximum atomic E-state index is 12.3. The molecule has 9 N–H and O–H groups in total. The Morgan fingerprint density at radius 3 is 1.28 bits per heavy atom.